The quantitative estimate of drug-likeness (QED) is 0.536. The lowest BCUT2D eigenvalue weighted by Crippen LogP contribution is -3.14. The molecule has 1 saturated heterocycles. The number of anilines is 1. The maximum Gasteiger partial charge on any atom is 0.257 e. The lowest BCUT2D eigenvalue weighted by atomic mass is 10.2. The number of benzene rings is 1. The Balaban J connectivity index is 1.67. The number of carbonyl (C=O) groups is 1. The summed E-state index contributed by atoms with van der Waals surface area (Å²) >= 11 is 0. The molecule has 1 aliphatic rings. The van der Waals surface area contributed by atoms with E-state index in [4.69, 9.17) is 20.4 Å². The number of rotatable bonds is 7. The summed E-state index contributed by atoms with van der Waals surface area (Å²) in [5.74, 6) is 0.610. The molecule has 1 aliphatic heterocycles. The van der Waals surface area contributed by atoms with Gasteiger partial charge in [-0.25, -0.2) is 9.97 Å². The Morgan fingerprint density at radius 3 is 2.63 bits per heavy atom. The number of carbonyl (C=O) groups excluding carboxylic acids is 1. The molecule has 0 bridgehead atoms. The maximum atomic E-state index is 13.0. The minimum atomic E-state index is -0.187. The number of hydrogen-bond acceptors (Lipinski definition) is 5. The van der Waals surface area contributed by atoms with Crippen LogP contribution in [0.25, 0.3) is 22.2 Å². The van der Waals surface area contributed by atoms with E-state index in [0.717, 1.165) is 50.3 Å². The van der Waals surface area contributed by atoms with E-state index in [9.17, 15) is 4.79 Å². The number of nitrogens with zero attached hydrogens (tertiary/aromatic N) is 3. The SMILES string of the molecule is CC(C)CNC(=O)c1c(N)n(CCC[NH+]2CCOCC2)c2nc3ccccc3nc12. The Labute approximate surface area is 176 Å². The predicted molar refractivity (Wildman–Crippen MR) is 118 cm³/mol. The number of para-hydroxylation sites is 2. The molecule has 0 spiro atoms. The van der Waals surface area contributed by atoms with Crippen molar-refractivity contribution in [2.45, 2.75) is 26.8 Å². The first-order valence-electron chi connectivity index (χ1n) is 10.8. The summed E-state index contributed by atoms with van der Waals surface area (Å²) in [6.07, 6.45) is 0.949. The summed E-state index contributed by atoms with van der Waals surface area (Å²) in [6, 6.07) is 7.71. The van der Waals surface area contributed by atoms with Crippen LogP contribution in [0.4, 0.5) is 5.82 Å². The zero-order chi connectivity index (χ0) is 21.1. The fourth-order valence-electron chi connectivity index (χ4n) is 3.95. The van der Waals surface area contributed by atoms with E-state index in [1.807, 2.05) is 28.8 Å². The second-order valence-corrected chi connectivity index (χ2v) is 8.37. The molecular weight excluding hydrogens is 380 g/mol. The van der Waals surface area contributed by atoms with Gasteiger partial charge in [0.2, 0.25) is 0 Å². The van der Waals surface area contributed by atoms with E-state index in [2.05, 4.69) is 19.2 Å². The van der Waals surface area contributed by atoms with Gasteiger partial charge < -0.3 is 25.3 Å². The van der Waals surface area contributed by atoms with Crippen molar-refractivity contribution < 1.29 is 14.4 Å². The average molecular weight is 412 g/mol. The molecule has 0 unspecified atom stereocenters. The molecule has 3 heterocycles. The number of ether oxygens (including phenoxy) is 1. The number of fused-ring (bicyclic) bond motifs is 2. The van der Waals surface area contributed by atoms with Crippen LogP contribution in [0.2, 0.25) is 0 Å². The molecule has 0 atom stereocenters. The normalized spacial score (nSPS) is 15.3. The Bertz CT molecular complexity index is 1040. The summed E-state index contributed by atoms with van der Waals surface area (Å²) in [5.41, 5.74) is 9.75. The largest absolute Gasteiger partial charge is 0.384 e. The smallest absolute Gasteiger partial charge is 0.257 e. The number of nitrogens with two attached hydrogens (primary N) is 1. The van der Waals surface area contributed by atoms with Gasteiger partial charge in [-0.2, -0.15) is 0 Å². The Kier molecular flexibility index (Phi) is 6.15. The molecule has 0 aliphatic carbocycles. The Morgan fingerprint density at radius 1 is 1.23 bits per heavy atom. The van der Waals surface area contributed by atoms with Gasteiger partial charge in [0.25, 0.3) is 5.91 Å². The van der Waals surface area contributed by atoms with Crippen LogP contribution in [0.15, 0.2) is 24.3 Å². The molecule has 8 heteroatoms. The molecule has 3 aromatic rings. The minimum Gasteiger partial charge on any atom is -0.384 e. The molecule has 1 aromatic carbocycles. The van der Waals surface area contributed by atoms with Crippen molar-refractivity contribution in [1.82, 2.24) is 19.9 Å². The van der Waals surface area contributed by atoms with Crippen LogP contribution >= 0.6 is 0 Å². The van der Waals surface area contributed by atoms with Gasteiger partial charge in [0.05, 0.1) is 30.8 Å². The highest BCUT2D eigenvalue weighted by molar-refractivity contribution is 6.10. The third-order valence-corrected chi connectivity index (χ3v) is 5.60. The van der Waals surface area contributed by atoms with Gasteiger partial charge in [0.1, 0.15) is 30.0 Å². The summed E-state index contributed by atoms with van der Waals surface area (Å²) in [4.78, 5) is 24.1. The highest BCUT2D eigenvalue weighted by Crippen LogP contribution is 2.28. The number of nitrogen functional groups attached to an aromatic ring is 1. The molecule has 4 N–H and O–H groups in total. The third kappa shape index (κ3) is 4.24. The zero-order valence-electron chi connectivity index (χ0n) is 17.8. The lowest BCUT2D eigenvalue weighted by Gasteiger charge is -2.23. The number of aryl methyl sites for hydroxylation is 1. The van der Waals surface area contributed by atoms with Gasteiger partial charge >= 0.3 is 0 Å². The topological polar surface area (TPSA) is 99.5 Å². The van der Waals surface area contributed by atoms with Crippen molar-refractivity contribution in [3.8, 4) is 0 Å². The molecule has 2 aromatic heterocycles. The van der Waals surface area contributed by atoms with Crippen molar-refractivity contribution in [3.63, 3.8) is 0 Å². The monoisotopic (exact) mass is 411 g/mol. The number of hydrogen-bond donors (Lipinski definition) is 3. The number of quaternary nitrogens is 1. The molecule has 4 rings (SSSR count). The van der Waals surface area contributed by atoms with Gasteiger partial charge in [-0.05, 0) is 18.1 Å². The standard InChI is InChI=1S/C22H30N6O2/c1-15(2)14-24-22(29)18-19-21(26-17-7-4-3-6-16(17)25-19)28(20(18)23)9-5-8-27-10-12-30-13-11-27/h3-4,6-7,15H,5,8-14,23H2,1-2H3,(H,24,29)/p+1. The summed E-state index contributed by atoms with van der Waals surface area (Å²) in [7, 11) is 0. The van der Waals surface area contributed by atoms with E-state index in [1.54, 1.807) is 4.90 Å². The minimum absolute atomic E-state index is 0.187. The van der Waals surface area contributed by atoms with Gasteiger partial charge in [-0.1, -0.05) is 26.0 Å². The second kappa shape index (κ2) is 8.97. The summed E-state index contributed by atoms with van der Waals surface area (Å²) in [6.45, 7) is 10.2. The van der Waals surface area contributed by atoms with Crippen LogP contribution in [0.3, 0.4) is 0 Å². The Hall–Kier alpha value is -2.71. The first-order chi connectivity index (χ1) is 14.5. The van der Waals surface area contributed by atoms with Crippen molar-refractivity contribution in [3.05, 3.63) is 29.8 Å². The van der Waals surface area contributed by atoms with Crippen LogP contribution in [0.5, 0.6) is 0 Å². The number of morpholine rings is 1. The van der Waals surface area contributed by atoms with Crippen LogP contribution in [-0.4, -0.2) is 59.8 Å². The van der Waals surface area contributed by atoms with Crippen molar-refractivity contribution in [2.75, 3.05) is 45.1 Å². The van der Waals surface area contributed by atoms with E-state index >= 15 is 0 Å². The number of amides is 1. The van der Waals surface area contributed by atoms with Gasteiger partial charge in [-0.15, -0.1) is 0 Å². The van der Waals surface area contributed by atoms with Crippen LogP contribution < -0.4 is 16.0 Å². The maximum absolute atomic E-state index is 13.0. The van der Waals surface area contributed by atoms with E-state index in [0.29, 0.717) is 41.6 Å². The molecule has 8 nitrogen and oxygen atoms in total. The highest BCUT2D eigenvalue weighted by Gasteiger charge is 2.24. The molecule has 30 heavy (non-hydrogen) atoms. The van der Waals surface area contributed by atoms with Crippen LogP contribution in [0, 0.1) is 5.92 Å². The zero-order valence-corrected chi connectivity index (χ0v) is 17.8. The molecule has 1 amide bonds. The number of aromatic nitrogens is 3. The molecule has 0 saturated carbocycles. The van der Waals surface area contributed by atoms with Crippen LogP contribution in [0.1, 0.15) is 30.6 Å². The summed E-state index contributed by atoms with van der Waals surface area (Å²) < 4.78 is 7.40. The van der Waals surface area contributed by atoms with Crippen LogP contribution in [-0.2, 0) is 11.3 Å². The average Bonchev–Trinajstić information content (AvgIpc) is 3.02. The summed E-state index contributed by atoms with van der Waals surface area (Å²) in [5, 5.41) is 2.98. The van der Waals surface area contributed by atoms with E-state index < -0.39 is 0 Å². The van der Waals surface area contributed by atoms with Crippen molar-refractivity contribution in [1.29, 1.82) is 0 Å². The highest BCUT2D eigenvalue weighted by atomic mass is 16.5. The molecular formula is C22H31N6O2+. The van der Waals surface area contributed by atoms with Gasteiger partial charge in [-0.3, -0.25) is 4.79 Å². The van der Waals surface area contributed by atoms with Crippen molar-refractivity contribution >= 4 is 33.9 Å². The fraction of sp³-hybridized carbons (Fsp3) is 0.500. The fourth-order valence-corrected chi connectivity index (χ4v) is 3.95. The lowest BCUT2D eigenvalue weighted by molar-refractivity contribution is -0.908. The van der Waals surface area contributed by atoms with Gasteiger partial charge in [0, 0.05) is 19.5 Å². The van der Waals surface area contributed by atoms with E-state index in [-0.39, 0.29) is 5.91 Å². The Morgan fingerprint density at radius 2 is 1.93 bits per heavy atom. The molecule has 160 valence electrons. The predicted octanol–water partition coefficient (Wildman–Crippen LogP) is 0.858. The first-order valence-corrected chi connectivity index (χ1v) is 10.8. The third-order valence-electron chi connectivity index (χ3n) is 5.60. The first kappa shape index (κ1) is 20.6. The molecule has 0 radical (unpaired) electrons. The molecule has 1 fully saturated rings. The van der Waals surface area contributed by atoms with E-state index in [1.165, 1.54) is 0 Å². The van der Waals surface area contributed by atoms with Gasteiger partial charge in [0.15, 0.2) is 5.65 Å². The number of nitrogens with one attached hydrogen (secondary N) is 2. The second-order valence-electron chi connectivity index (χ2n) is 8.37. The van der Waals surface area contributed by atoms with Crippen molar-refractivity contribution in [2.24, 2.45) is 5.92 Å².